The number of anilines is 1. The van der Waals surface area contributed by atoms with Crippen LogP contribution in [0.2, 0.25) is 0 Å². The Balaban J connectivity index is 1.60. The van der Waals surface area contributed by atoms with Crippen molar-refractivity contribution < 1.29 is 23.4 Å². The number of aryl methyl sites for hydroxylation is 1. The van der Waals surface area contributed by atoms with E-state index >= 15 is 0 Å². The van der Waals surface area contributed by atoms with Crippen LogP contribution in [-0.2, 0) is 10.2 Å². The molecule has 1 amide bonds. The third kappa shape index (κ3) is 2.87. The lowest BCUT2D eigenvalue weighted by molar-refractivity contribution is -0.122. The highest BCUT2D eigenvalue weighted by Gasteiger charge is 2.58. The molecule has 0 N–H and O–H groups in total. The Morgan fingerprint density at radius 1 is 0.971 bits per heavy atom. The van der Waals surface area contributed by atoms with Crippen molar-refractivity contribution in [2.75, 3.05) is 24.8 Å². The summed E-state index contributed by atoms with van der Waals surface area (Å²) in [5, 5.41) is 0. The lowest BCUT2D eigenvalue weighted by atomic mass is 9.73. The number of amides is 1. The Morgan fingerprint density at radius 2 is 1.79 bits per heavy atom. The highest BCUT2D eigenvalue weighted by atomic mass is 19.1. The second-order valence-corrected chi connectivity index (χ2v) is 9.22. The molecule has 1 spiro atoms. The van der Waals surface area contributed by atoms with E-state index in [1.165, 1.54) is 12.1 Å². The topological polar surface area (TPSA) is 48.0 Å². The minimum Gasteiger partial charge on any atom is -0.491 e. The zero-order chi connectivity index (χ0) is 23.4. The second kappa shape index (κ2) is 7.76. The number of rotatable bonds is 5. The average Bonchev–Trinajstić information content (AvgIpc) is 3.50. The number of benzene rings is 3. The fraction of sp³-hybridized carbons (Fsp3) is 0.321. The van der Waals surface area contributed by atoms with Gasteiger partial charge in [-0.1, -0.05) is 38.0 Å². The molecule has 0 aliphatic carbocycles. The van der Waals surface area contributed by atoms with Crippen molar-refractivity contribution in [1.82, 2.24) is 0 Å². The Kier molecular flexibility index (Phi) is 4.80. The number of unbranched alkanes of at least 4 members (excludes halogenated alkanes) is 2. The summed E-state index contributed by atoms with van der Waals surface area (Å²) in [6.45, 7) is 5.06. The predicted molar refractivity (Wildman–Crippen MR) is 127 cm³/mol. The molecule has 0 radical (unpaired) electrons. The summed E-state index contributed by atoms with van der Waals surface area (Å²) in [6, 6.07) is 14.5. The first-order valence-corrected chi connectivity index (χ1v) is 11.8. The summed E-state index contributed by atoms with van der Waals surface area (Å²) in [5.41, 5.74) is 4.29. The maximum Gasteiger partial charge on any atom is 0.245 e. The van der Waals surface area contributed by atoms with Crippen molar-refractivity contribution in [2.45, 2.75) is 38.5 Å². The lowest BCUT2D eigenvalue weighted by Gasteiger charge is -2.24. The quantitative estimate of drug-likeness (QED) is 0.456. The van der Waals surface area contributed by atoms with Crippen LogP contribution >= 0.6 is 0 Å². The van der Waals surface area contributed by atoms with Crippen LogP contribution in [0.5, 0.6) is 17.2 Å². The van der Waals surface area contributed by atoms with E-state index in [2.05, 4.69) is 6.92 Å². The van der Waals surface area contributed by atoms with Gasteiger partial charge in [-0.25, -0.2) is 4.39 Å². The van der Waals surface area contributed by atoms with Gasteiger partial charge in [-0.3, -0.25) is 4.79 Å². The Labute approximate surface area is 198 Å². The molecule has 3 aromatic rings. The lowest BCUT2D eigenvalue weighted by Crippen LogP contribution is -2.43. The number of carbonyl (C=O) groups excluding carboxylic acids is 1. The van der Waals surface area contributed by atoms with Crippen LogP contribution in [0, 0.1) is 12.7 Å². The minimum atomic E-state index is -0.991. The van der Waals surface area contributed by atoms with Crippen molar-refractivity contribution in [3.63, 3.8) is 0 Å². The van der Waals surface area contributed by atoms with Gasteiger partial charge in [0.1, 0.15) is 23.6 Å². The smallest absolute Gasteiger partial charge is 0.245 e. The summed E-state index contributed by atoms with van der Waals surface area (Å²) >= 11 is 0. The van der Waals surface area contributed by atoms with Crippen LogP contribution in [-0.4, -0.2) is 25.9 Å². The molecular formula is C28H26FNO4. The average molecular weight is 460 g/mol. The van der Waals surface area contributed by atoms with E-state index in [1.54, 1.807) is 6.07 Å². The summed E-state index contributed by atoms with van der Waals surface area (Å²) in [4.78, 5) is 16.2. The summed E-state index contributed by atoms with van der Waals surface area (Å²) in [6.07, 6.45) is 3.05. The summed E-state index contributed by atoms with van der Waals surface area (Å²) in [7, 11) is 0. The van der Waals surface area contributed by atoms with Crippen molar-refractivity contribution in [2.24, 2.45) is 0 Å². The molecule has 34 heavy (non-hydrogen) atoms. The fourth-order valence-electron chi connectivity index (χ4n) is 5.58. The molecule has 5 nitrogen and oxygen atoms in total. The van der Waals surface area contributed by atoms with Gasteiger partial charge in [0.2, 0.25) is 12.7 Å². The third-order valence-corrected chi connectivity index (χ3v) is 7.21. The van der Waals surface area contributed by atoms with E-state index in [0.717, 1.165) is 52.8 Å². The van der Waals surface area contributed by atoms with Crippen LogP contribution in [0.25, 0.3) is 11.1 Å². The van der Waals surface area contributed by atoms with Gasteiger partial charge in [-0.05, 0) is 54.3 Å². The van der Waals surface area contributed by atoms with E-state index in [1.807, 2.05) is 42.2 Å². The third-order valence-electron chi connectivity index (χ3n) is 7.21. The molecule has 6 rings (SSSR count). The van der Waals surface area contributed by atoms with Crippen LogP contribution in [0.4, 0.5) is 10.1 Å². The first-order chi connectivity index (χ1) is 16.5. The molecule has 0 saturated carbocycles. The monoisotopic (exact) mass is 459 g/mol. The van der Waals surface area contributed by atoms with E-state index in [0.29, 0.717) is 23.8 Å². The summed E-state index contributed by atoms with van der Waals surface area (Å²) < 4.78 is 31.3. The highest BCUT2D eigenvalue weighted by Crippen LogP contribution is 2.57. The first kappa shape index (κ1) is 21.0. The molecular weight excluding hydrogens is 433 g/mol. The van der Waals surface area contributed by atoms with E-state index in [4.69, 9.17) is 14.2 Å². The number of fused-ring (bicyclic) bond motifs is 5. The highest BCUT2D eigenvalue weighted by molar-refractivity contribution is 6.13. The maximum atomic E-state index is 14.3. The molecule has 1 atom stereocenters. The van der Waals surface area contributed by atoms with Crippen LogP contribution in [0.15, 0.2) is 48.5 Å². The van der Waals surface area contributed by atoms with Crippen molar-refractivity contribution in [3.8, 4) is 28.4 Å². The Morgan fingerprint density at radius 3 is 2.59 bits per heavy atom. The van der Waals surface area contributed by atoms with Gasteiger partial charge in [0.05, 0.1) is 0 Å². The van der Waals surface area contributed by atoms with Crippen molar-refractivity contribution >= 4 is 11.6 Å². The van der Waals surface area contributed by atoms with Gasteiger partial charge in [-0.15, -0.1) is 0 Å². The predicted octanol–water partition coefficient (Wildman–Crippen LogP) is 5.75. The number of ether oxygens (including phenoxy) is 3. The molecule has 1 unspecified atom stereocenters. The van der Waals surface area contributed by atoms with Gasteiger partial charge in [0, 0.05) is 29.4 Å². The number of halogens is 1. The van der Waals surface area contributed by atoms with Gasteiger partial charge in [0.25, 0.3) is 0 Å². The standard InChI is InChI=1S/C28H26FNO4/c1-3-4-5-11-30-22-8-6-7-20(19-10-9-18(29)12-17(19)2)26(22)28(27(30)31)15-32-23-14-25-24(13-21(23)28)33-16-34-25/h6-10,12-14H,3-5,11,15-16H2,1-2H3. The number of carbonyl (C=O) groups is 1. The zero-order valence-electron chi connectivity index (χ0n) is 19.3. The molecule has 3 aromatic carbocycles. The largest absolute Gasteiger partial charge is 0.491 e. The normalized spacial score (nSPS) is 19.5. The molecule has 0 fully saturated rings. The number of hydrogen-bond donors (Lipinski definition) is 0. The zero-order valence-corrected chi connectivity index (χ0v) is 19.3. The molecule has 0 aromatic heterocycles. The van der Waals surface area contributed by atoms with Crippen LogP contribution < -0.4 is 19.1 Å². The first-order valence-electron chi connectivity index (χ1n) is 11.8. The SMILES string of the molecule is CCCCCN1C(=O)C2(COc3cc4c(cc32)OCO4)c2c(-c3ccc(F)cc3C)cccc21. The maximum absolute atomic E-state index is 14.3. The van der Waals surface area contributed by atoms with Gasteiger partial charge < -0.3 is 19.1 Å². The van der Waals surface area contributed by atoms with Crippen molar-refractivity contribution in [3.05, 3.63) is 71.0 Å². The number of hydrogen-bond acceptors (Lipinski definition) is 4. The number of nitrogens with zero attached hydrogens (tertiary/aromatic N) is 1. The Hall–Kier alpha value is -3.54. The van der Waals surface area contributed by atoms with E-state index in [9.17, 15) is 9.18 Å². The molecule has 3 aliphatic heterocycles. The minimum absolute atomic E-state index is 0.0171. The van der Waals surface area contributed by atoms with E-state index < -0.39 is 5.41 Å². The van der Waals surface area contributed by atoms with Crippen molar-refractivity contribution in [1.29, 1.82) is 0 Å². The molecule has 6 heteroatoms. The molecule has 3 aliphatic rings. The fourth-order valence-corrected chi connectivity index (χ4v) is 5.58. The van der Waals surface area contributed by atoms with Gasteiger partial charge >= 0.3 is 0 Å². The Bertz CT molecular complexity index is 1320. The van der Waals surface area contributed by atoms with E-state index in [-0.39, 0.29) is 25.1 Å². The van der Waals surface area contributed by atoms with Crippen LogP contribution in [0.1, 0.15) is 42.9 Å². The molecule has 0 saturated heterocycles. The van der Waals surface area contributed by atoms with Gasteiger partial charge in [-0.2, -0.15) is 0 Å². The molecule has 174 valence electrons. The molecule has 0 bridgehead atoms. The summed E-state index contributed by atoms with van der Waals surface area (Å²) in [5.74, 6) is 1.64. The van der Waals surface area contributed by atoms with Gasteiger partial charge in [0.15, 0.2) is 11.5 Å². The molecule has 3 heterocycles. The second-order valence-electron chi connectivity index (χ2n) is 9.22. The van der Waals surface area contributed by atoms with Crippen LogP contribution in [0.3, 0.4) is 0 Å².